The Morgan fingerprint density at radius 3 is 2.58 bits per heavy atom. The summed E-state index contributed by atoms with van der Waals surface area (Å²) in [5, 5.41) is 0. The molecule has 138 valence electrons. The quantitative estimate of drug-likeness (QED) is 0.770. The van der Waals surface area contributed by atoms with Gasteiger partial charge in [-0.25, -0.2) is 4.98 Å². The van der Waals surface area contributed by atoms with Crippen molar-refractivity contribution in [2.75, 3.05) is 20.2 Å². The molecule has 0 spiro atoms. The lowest BCUT2D eigenvalue weighted by Crippen LogP contribution is -2.40. The summed E-state index contributed by atoms with van der Waals surface area (Å²) in [4.78, 5) is 30.0. The second kappa shape index (κ2) is 8.17. The number of amides is 1. The minimum atomic E-state index is -0.180. The summed E-state index contributed by atoms with van der Waals surface area (Å²) in [6.45, 7) is 3.23. The number of hydrogen-bond donors (Lipinski definition) is 0. The number of esters is 1. The number of aromatic nitrogens is 1. The first-order valence-corrected chi connectivity index (χ1v) is 8.94. The van der Waals surface area contributed by atoms with Crippen molar-refractivity contribution < 1.29 is 18.7 Å². The van der Waals surface area contributed by atoms with Gasteiger partial charge in [0, 0.05) is 31.5 Å². The first kappa shape index (κ1) is 18.2. The van der Waals surface area contributed by atoms with E-state index in [0.29, 0.717) is 50.4 Å². The van der Waals surface area contributed by atoms with Crippen molar-refractivity contribution in [3.05, 3.63) is 41.9 Å². The number of aryl methyl sites for hydroxylation is 2. The highest BCUT2D eigenvalue weighted by molar-refractivity contribution is 5.77. The van der Waals surface area contributed by atoms with Gasteiger partial charge in [0.2, 0.25) is 5.91 Å². The Bertz CT molecular complexity index is 758. The first-order chi connectivity index (χ1) is 12.6. The van der Waals surface area contributed by atoms with Crippen LogP contribution in [0.5, 0.6) is 0 Å². The number of methoxy groups -OCH3 is 1. The van der Waals surface area contributed by atoms with Crippen LogP contribution in [0.1, 0.15) is 30.7 Å². The maximum Gasteiger partial charge on any atom is 0.308 e. The van der Waals surface area contributed by atoms with Crippen molar-refractivity contribution >= 4 is 11.9 Å². The Kier molecular flexibility index (Phi) is 5.71. The van der Waals surface area contributed by atoms with Gasteiger partial charge in [-0.05, 0) is 19.8 Å². The van der Waals surface area contributed by atoms with Gasteiger partial charge in [0.05, 0.1) is 19.2 Å². The number of rotatable bonds is 5. The van der Waals surface area contributed by atoms with Crippen molar-refractivity contribution in [2.24, 2.45) is 5.92 Å². The van der Waals surface area contributed by atoms with Gasteiger partial charge in [0.1, 0.15) is 0 Å². The van der Waals surface area contributed by atoms with Crippen LogP contribution in [0.4, 0.5) is 0 Å². The SMILES string of the molecule is COC(=O)C1CCN(C(=O)CCc2ncc(-c3ccc(C)cc3)o2)CC1. The normalized spacial score (nSPS) is 15.1. The molecule has 0 saturated carbocycles. The Labute approximate surface area is 153 Å². The molecule has 0 aliphatic carbocycles. The molecule has 1 fully saturated rings. The highest BCUT2D eigenvalue weighted by Gasteiger charge is 2.27. The van der Waals surface area contributed by atoms with Crippen molar-refractivity contribution in [3.8, 4) is 11.3 Å². The highest BCUT2D eigenvalue weighted by atomic mass is 16.5. The van der Waals surface area contributed by atoms with E-state index in [4.69, 9.17) is 9.15 Å². The standard InChI is InChI=1S/C20H24N2O4/c1-14-3-5-15(6-4-14)17-13-21-18(26-17)7-8-19(23)22-11-9-16(10-12-22)20(24)25-2/h3-6,13,16H,7-12H2,1-2H3. The van der Waals surface area contributed by atoms with Crippen LogP contribution >= 0.6 is 0 Å². The van der Waals surface area contributed by atoms with E-state index in [9.17, 15) is 9.59 Å². The second-order valence-electron chi connectivity index (χ2n) is 6.66. The molecule has 0 N–H and O–H groups in total. The van der Waals surface area contributed by atoms with Crippen LogP contribution in [0.3, 0.4) is 0 Å². The maximum atomic E-state index is 12.4. The zero-order valence-corrected chi connectivity index (χ0v) is 15.2. The molecule has 26 heavy (non-hydrogen) atoms. The number of carbonyl (C=O) groups is 2. The molecule has 2 heterocycles. The number of oxazole rings is 1. The van der Waals surface area contributed by atoms with Gasteiger partial charge in [0.15, 0.2) is 11.7 Å². The van der Waals surface area contributed by atoms with Crippen LogP contribution in [0, 0.1) is 12.8 Å². The predicted molar refractivity (Wildman–Crippen MR) is 96.3 cm³/mol. The van der Waals surface area contributed by atoms with Crippen LogP contribution in [0.15, 0.2) is 34.9 Å². The van der Waals surface area contributed by atoms with E-state index in [1.807, 2.05) is 36.1 Å². The van der Waals surface area contributed by atoms with Crippen molar-refractivity contribution in [2.45, 2.75) is 32.6 Å². The Balaban J connectivity index is 1.49. The summed E-state index contributed by atoms with van der Waals surface area (Å²) < 4.78 is 10.5. The minimum absolute atomic E-state index is 0.0726. The molecule has 1 saturated heterocycles. The molecular formula is C20H24N2O4. The zero-order chi connectivity index (χ0) is 18.5. The van der Waals surface area contributed by atoms with Crippen LogP contribution in [-0.4, -0.2) is 42.0 Å². The molecule has 0 unspecified atom stereocenters. The summed E-state index contributed by atoms with van der Waals surface area (Å²) in [5.41, 5.74) is 2.17. The number of nitrogens with zero attached hydrogens (tertiary/aromatic N) is 2. The number of ether oxygens (including phenoxy) is 1. The molecule has 1 aromatic carbocycles. The van der Waals surface area contributed by atoms with Crippen LogP contribution in [0.2, 0.25) is 0 Å². The first-order valence-electron chi connectivity index (χ1n) is 8.94. The average Bonchev–Trinajstić information content (AvgIpc) is 3.15. The number of likely N-dealkylation sites (tertiary alicyclic amines) is 1. The number of carbonyl (C=O) groups excluding carboxylic acids is 2. The Morgan fingerprint density at radius 1 is 1.23 bits per heavy atom. The predicted octanol–water partition coefficient (Wildman–Crippen LogP) is 2.99. The summed E-state index contributed by atoms with van der Waals surface area (Å²) in [6.07, 6.45) is 3.86. The van der Waals surface area contributed by atoms with Crippen molar-refractivity contribution in [1.29, 1.82) is 0 Å². The average molecular weight is 356 g/mol. The van der Waals surface area contributed by atoms with E-state index in [-0.39, 0.29) is 17.8 Å². The molecule has 0 atom stereocenters. The lowest BCUT2D eigenvalue weighted by Gasteiger charge is -2.30. The molecule has 3 rings (SSSR count). The summed E-state index contributed by atoms with van der Waals surface area (Å²) in [5.74, 6) is 1.08. The third kappa shape index (κ3) is 4.31. The van der Waals surface area contributed by atoms with Gasteiger partial charge in [-0.2, -0.15) is 0 Å². The maximum absolute atomic E-state index is 12.4. The lowest BCUT2D eigenvalue weighted by atomic mass is 9.97. The summed E-state index contributed by atoms with van der Waals surface area (Å²) >= 11 is 0. The molecule has 1 aromatic heterocycles. The van der Waals surface area contributed by atoms with E-state index in [0.717, 1.165) is 5.56 Å². The van der Waals surface area contributed by atoms with Gasteiger partial charge < -0.3 is 14.1 Å². The molecular weight excluding hydrogens is 332 g/mol. The fourth-order valence-corrected chi connectivity index (χ4v) is 3.18. The molecule has 1 amide bonds. The monoisotopic (exact) mass is 356 g/mol. The van der Waals surface area contributed by atoms with Gasteiger partial charge >= 0.3 is 5.97 Å². The highest BCUT2D eigenvalue weighted by Crippen LogP contribution is 2.22. The Morgan fingerprint density at radius 2 is 1.92 bits per heavy atom. The zero-order valence-electron chi connectivity index (χ0n) is 15.2. The van der Waals surface area contributed by atoms with Gasteiger partial charge in [-0.1, -0.05) is 29.8 Å². The number of benzene rings is 1. The second-order valence-corrected chi connectivity index (χ2v) is 6.66. The molecule has 0 bridgehead atoms. The smallest absolute Gasteiger partial charge is 0.308 e. The van der Waals surface area contributed by atoms with Gasteiger partial charge in [0.25, 0.3) is 0 Å². The third-order valence-electron chi connectivity index (χ3n) is 4.82. The number of hydrogen-bond acceptors (Lipinski definition) is 5. The van der Waals surface area contributed by atoms with E-state index in [1.54, 1.807) is 6.20 Å². The van der Waals surface area contributed by atoms with Crippen molar-refractivity contribution in [1.82, 2.24) is 9.88 Å². The molecule has 2 aromatic rings. The molecule has 6 nitrogen and oxygen atoms in total. The van der Waals surface area contributed by atoms with E-state index in [2.05, 4.69) is 4.98 Å². The van der Waals surface area contributed by atoms with Crippen LogP contribution in [-0.2, 0) is 20.7 Å². The molecule has 1 aliphatic rings. The lowest BCUT2D eigenvalue weighted by molar-refractivity contribution is -0.148. The Hall–Kier alpha value is -2.63. The number of piperidine rings is 1. The topological polar surface area (TPSA) is 72.6 Å². The third-order valence-corrected chi connectivity index (χ3v) is 4.82. The fourth-order valence-electron chi connectivity index (χ4n) is 3.18. The minimum Gasteiger partial charge on any atom is -0.469 e. The molecule has 6 heteroatoms. The van der Waals surface area contributed by atoms with Crippen molar-refractivity contribution in [3.63, 3.8) is 0 Å². The van der Waals surface area contributed by atoms with E-state index >= 15 is 0 Å². The largest absolute Gasteiger partial charge is 0.469 e. The van der Waals surface area contributed by atoms with E-state index in [1.165, 1.54) is 12.7 Å². The van der Waals surface area contributed by atoms with E-state index < -0.39 is 0 Å². The fraction of sp³-hybridized carbons (Fsp3) is 0.450. The van der Waals surface area contributed by atoms with Gasteiger partial charge in [-0.3, -0.25) is 9.59 Å². The van der Waals surface area contributed by atoms with Crippen LogP contribution < -0.4 is 0 Å². The molecule has 1 aliphatic heterocycles. The summed E-state index contributed by atoms with van der Waals surface area (Å²) in [6, 6.07) is 8.05. The van der Waals surface area contributed by atoms with Crippen LogP contribution in [0.25, 0.3) is 11.3 Å². The summed E-state index contributed by atoms with van der Waals surface area (Å²) in [7, 11) is 1.40. The van der Waals surface area contributed by atoms with Gasteiger partial charge in [-0.15, -0.1) is 0 Å². The molecule has 0 radical (unpaired) electrons.